The monoisotopic (exact) mass is 358 g/mol. The van der Waals surface area contributed by atoms with Gasteiger partial charge in [-0.1, -0.05) is 37.1 Å². The maximum atomic E-state index is 13.3. The highest BCUT2D eigenvalue weighted by atomic mass is 32.2. The predicted octanol–water partition coefficient (Wildman–Crippen LogP) is 3.82. The maximum absolute atomic E-state index is 13.3. The van der Waals surface area contributed by atoms with Crippen molar-refractivity contribution < 1.29 is 9.59 Å². The highest BCUT2D eigenvalue weighted by Crippen LogP contribution is 2.36. The molecule has 3 rings (SSSR count). The van der Waals surface area contributed by atoms with Gasteiger partial charge in [0.2, 0.25) is 5.91 Å². The van der Waals surface area contributed by atoms with Crippen LogP contribution in [0.1, 0.15) is 60.0 Å². The van der Waals surface area contributed by atoms with Crippen molar-refractivity contribution in [2.75, 3.05) is 18.1 Å². The SMILES string of the molecule is CCCC(=N)CC1CSCCN1C(=O)C1CC(=O)c2ccc(C)cc21. The van der Waals surface area contributed by atoms with E-state index in [1.807, 2.05) is 41.8 Å². The summed E-state index contributed by atoms with van der Waals surface area (Å²) in [6.45, 7) is 4.80. The van der Waals surface area contributed by atoms with Gasteiger partial charge in [-0.3, -0.25) is 9.59 Å². The molecule has 25 heavy (non-hydrogen) atoms. The van der Waals surface area contributed by atoms with Crippen molar-refractivity contribution in [3.05, 3.63) is 34.9 Å². The Morgan fingerprint density at radius 3 is 2.96 bits per heavy atom. The van der Waals surface area contributed by atoms with E-state index in [4.69, 9.17) is 5.41 Å². The normalized spacial score (nSPS) is 22.8. The highest BCUT2D eigenvalue weighted by molar-refractivity contribution is 7.99. The van der Waals surface area contributed by atoms with E-state index in [-0.39, 0.29) is 23.7 Å². The Morgan fingerprint density at radius 1 is 1.40 bits per heavy atom. The van der Waals surface area contributed by atoms with Gasteiger partial charge in [-0.05, 0) is 18.9 Å². The van der Waals surface area contributed by atoms with Crippen molar-refractivity contribution in [1.29, 1.82) is 5.41 Å². The molecule has 0 spiro atoms. The Balaban J connectivity index is 1.81. The van der Waals surface area contributed by atoms with Crippen LogP contribution in [0.4, 0.5) is 0 Å². The minimum absolute atomic E-state index is 0.0762. The van der Waals surface area contributed by atoms with Gasteiger partial charge in [-0.25, -0.2) is 0 Å². The number of rotatable bonds is 5. The van der Waals surface area contributed by atoms with Crippen LogP contribution in [0, 0.1) is 12.3 Å². The van der Waals surface area contributed by atoms with Gasteiger partial charge in [0.1, 0.15) is 0 Å². The van der Waals surface area contributed by atoms with Crippen molar-refractivity contribution in [2.24, 2.45) is 0 Å². The molecule has 4 nitrogen and oxygen atoms in total. The quantitative estimate of drug-likeness (QED) is 0.814. The van der Waals surface area contributed by atoms with Crippen molar-refractivity contribution in [3.8, 4) is 0 Å². The molecule has 1 fully saturated rings. The third-order valence-electron chi connectivity index (χ3n) is 5.11. The summed E-state index contributed by atoms with van der Waals surface area (Å²) in [4.78, 5) is 27.5. The Morgan fingerprint density at radius 2 is 2.20 bits per heavy atom. The Bertz CT molecular complexity index is 701. The van der Waals surface area contributed by atoms with E-state index < -0.39 is 0 Å². The summed E-state index contributed by atoms with van der Waals surface area (Å²) >= 11 is 1.86. The minimum Gasteiger partial charge on any atom is -0.337 e. The smallest absolute Gasteiger partial charge is 0.230 e. The molecule has 2 aliphatic rings. The molecule has 2 unspecified atom stereocenters. The summed E-state index contributed by atoms with van der Waals surface area (Å²) in [5.41, 5.74) is 3.43. The summed E-state index contributed by atoms with van der Waals surface area (Å²) in [6, 6.07) is 5.89. The van der Waals surface area contributed by atoms with Crippen LogP contribution in [0.15, 0.2) is 18.2 Å². The van der Waals surface area contributed by atoms with Gasteiger partial charge >= 0.3 is 0 Å². The molecular formula is C20H26N2O2S. The second kappa shape index (κ2) is 7.73. The number of hydrogen-bond acceptors (Lipinski definition) is 4. The number of nitrogens with one attached hydrogen (secondary N) is 1. The zero-order valence-electron chi connectivity index (χ0n) is 15.0. The molecule has 134 valence electrons. The summed E-state index contributed by atoms with van der Waals surface area (Å²) in [5, 5.41) is 8.14. The van der Waals surface area contributed by atoms with Crippen molar-refractivity contribution in [3.63, 3.8) is 0 Å². The molecule has 0 radical (unpaired) electrons. The van der Waals surface area contributed by atoms with Crippen LogP contribution in [-0.4, -0.2) is 46.4 Å². The predicted molar refractivity (Wildman–Crippen MR) is 103 cm³/mol. The molecule has 0 saturated carbocycles. The number of nitrogens with zero attached hydrogens (tertiary/aromatic N) is 1. The first-order valence-corrected chi connectivity index (χ1v) is 10.2. The van der Waals surface area contributed by atoms with Crippen LogP contribution in [0.3, 0.4) is 0 Å². The fourth-order valence-corrected chi connectivity index (χ4v) is 4.91. The van der Waals surface area contributed by atoms with Gasteiger partial charge in [0, 0.05) is 48.2 Å². The van der Waals surface area contributed by atoms with Gasteiger partial charge in [0.05, 0.1) is 5.92 Å². The second-order valence-corrected chi connectivity index (χ2v) is 8.24. The van der Waals surface area contributed by atoms with E-state index in [1.54, 1.807) is 0 Å². The number of benzene rings is 1. The molecular weight excluding hydrogens is 332 g/mol. The summed E-state index contributed by atoms with van der Waals surface area (Å²) < 4.78 is 0. The molecule has 1 amide bonds. The fourth-order valence-electron chi connectivity index (χ4n) is 3.85. The number of carbonyl (C=O) groups is 2. The van der Waals surface area contributed by atoms with Crippen LogP contribution >= 0.6 is 11.8 Å². The largest absolute Gasteiger partial charge is 0.337 e. The summed E-state index contributed by atoms with van der Waals surface area (Å²) in [7, 11) is 0. The van der Waals surface area contributed by atoms with Crippen molar-refractivity contribution >= 4 is 29.2 Å². The fraction of sp³-hybridized carbons (Fsp3) is 0.550. The standard InChI is InChI=1S/C20H26N2O2S/c1-3-4-14(21)10-15-12-25-8-7-22(15)20(24)18-11-19(23)16-6-5-13(2)9-17(16)18/h5-6,9,15,18,21H,3-4,7-8,10-12H2,1-2H3. The van der Waals surface area contributed by atoms with Gasteiger partial charge in [-0.2, -0.15) is 11.8 Å². The average Bonchev–Trinajstić information content (AvgIpc) is 2.91. The Labute approximate surface area is 153 Å². The van der Waals surface area contributed by atoms with Gasteiger partial charge in [-0.15, -0.1) is 0 Å². The molecule has 2 atom stereocenters. The van der Waals surface area contributed by atoms with Gasteiger partial charge in [0.25, 0.3) is 0 Å². The molecule has 1 aliphatic heterocycles. The molecule has 5 heteroatoms. The number of fused-ring (bicyclic) bond motifs is 1. The molecule has 1 aliphatic carbocycles. The Hall–Kier alpha value is -1.62. The number of amides is 1. The van der Waals surface area contributed by atoms with E-state index in [9.17, 15) is 9.59 Å². The number of ketones is 1. The lowest BCUT2D eigenvalue weighted by Crippen LogP contribution is -2.48. The average molecular weight is 359 g/mol. The molecule has 0 bridgehead atoms. The summed E-state index contributed by atoms with van der Waals surface area (Å²) in [5.74, 6) is 1.64. The number of carbonyl (C=O) groups excluding carboxylic acids is 2. The van der Waals surface area contributed by atoms with E-state index >= 15 is 0 Å². The van der Waals surface area contributed by atoms with Crippen LogP contribution in [0.5, 0.6) is 0 Å². The molecule has 1 aromatic rings. The number of aryl methyl sites for hydroxylation is 1. The first-order chi connectivity index (χ1) is 12.0. The van der Waals surface area contributed by atoms with Gasteiger partial charge in [0.15, 0.2) is 5.78 Å². The van der Waals surface area contributed by atoms with Crippen LogP contribution < -0.4 is 0 Å². The topological polar surface area (TPSA) is 61.2 Å². The van der Waals surface area contributed by atoms with Crippen molar-refractivity contribution in [2.45, 2.75) is 51.5 Å². The molecule has 1 heterocycles. The molecule has 1 saturated heterocycles. The lowest BCUT2D eigenvalue weighted by molar-refractivity contribution is -0.134. The summed E-state index contributed by atoms with van der Waals surface area (Å²) in [6.07, 6.45) is 2.72. The number of Topliss-reactive ketones (excluding diaryl/α,β-unsaturated/α-hetero) is 1. The van der Waals surface area contributed by atoms with E-state index in [2.05, 4.69) is 6.92 Å². The van der Waals surface area contributed by atoms with Crippen LogP contribution in [0.2, 0.25) is 0 Å². The van der Waals surface area contributed by atoms with E-state index in [1.165, 1.54) is 0 Å². The Kier molecular flexibility index (Phi) is 5.62. The molecule has 1 aromatic carbocycles. The van der Waals surface area contributed by atoms with E-state index in [0.717, 1.165) is 47.7 Å². The third kappa shape index (κ3) is 3.81. The number of thioether (sulfide) groups is 1. The van der Waals surface area contributed by atoms with E-state index in [0.29, 0.717) is 18.4 Å². The van der Waals surface area contributed by atoms with Crippen molar-refractivity contribution in [1.82, 2.24) is 4.90 Å². The minimum atomic E-state index is -0.339. The first kappa shape index (κ1) is 18.2. The second-order valence-electron chi connectivity index (χ2n) is 7.09. The molecule has 1 N–H and O–H groups in total. The first-order valence-electron chi connectivity index (χ1n) is 9.09. The number of hydrogen-bond donors (Lipinski definition) is 1. The van der Waals surface area contributed by atoms with Crippen LogP contribution in [0.25, 0.3) is 0 Å². The third-order valence-corrected chi connectivity index (χ3v) is 6.21. The van der Waals surface area contributed by atoms with Gasteiger partial charge < -0.3 is 10.3 Å². The molecule has 0 aromatic heterocycles. The van der Waals surface area contributed by atoms with Crippen LogP contribution in [-0.2, 0) is 4.79 Å². The highest BCUT2D eigenvalue weighted by Gasteiger charge is 2.39. The zero-order chi connectivity index (χ0) is 18.0. The lowest BCUT2D eigenvalue weighted by Gasteiger charge is -2.37. The zero-order valence-corrected chi connectivity index (χ0v) is 15.8. The lowest BCUT2D eigenvalue weighted by atomic mass is 9.96. The maximum Gasteiger partial charge on any atom is 0.230 e.